The van der Waals surface area contributed by atoms with Crippen molar-refractivity contribution in [3.05, 3.63) is 58.8 Å². The summed E-state index contributed by atoms with van der Waals surface area (Å²) in [6, 6.07) is 8.93. The molecule has 0 radical (unpaired) electrons. The van der Waals surface area contributed by atoms with Crippen LogP contribution in [0.4, 0.5) is 14.6 Å². The summed E-state index contributed by atoms with van der Waals surface area (Å²) in [6.45, 7) is 1.32. The van der Waals surface area contributed by atoms with E-state index in [-0.39, 0.29) is 22.4 Å². The third-order valence-electron chi connectivity index (χ3n) is 6.52. The van der Waals surface area contributed by atoms with E-state index < -0.39 is 18.2 Å². The minimum absolute atomic E-state index is 0.0474. The molecule has 1 saturated carbocycles. The molecule has 33 heavy (non-hydrogen) atoms. The Morgan fingerprint density at radius 1 is 1.12 bits per heavy atom. The minimum atomic E-state index is -0.963. The number of benzene rings is 1. The molecule has 6 nitrogen and oxygen atoms in total. The van der Waals surface area contributed by atoms with Gasteiger partial charge < -0.3 is 10.0 Å². The topological polar surface area (TPSA) is 71.2 Å². The number of nitrogens with zero attached hydrogens (tertiary/aromatic N) is 4. The molecule has 0 aliphatic heterocycles. The van der Waals surface area contributed by atoms with E-state index in [1.54, 1.807) is 6.07 Å². The summed E-state index contributed by atoms with van der Waals surface area (Å²) in [6.07, 6.45) is 7.19. The number of rotatable bonds is 5. The molecule has 2 heterocycles. The number of phenolic OH excluding ortho intramolecular Hbond substituents is 1. The number of phenols is 1. The van der Waals surface area contributed by atoms with Crippen LogP contribution in [0.3, 0.4) is 0 Å². The van der Waals surface area contributed by atoms with Gasteiger partial charge in [0, 0.05) is 36.5 Å². The van der Waals surface area contributed by atoms with Gasteiger partial charge in [0.1, 0.15) is 11.6 Å². The first kappa shape index (κ1) is 22.9. The van der Waals surface area contributed by atoms with Gasteiger partial charge in [-0.25, -0.2) is 8.78 Å². The number of halogens is 2. The highest BCUT2D eigenvalue weighted by molar-refractivity contribution is 5.74. The van der Waals surface area contributed by atoms with Gasteiger partial charge in [0.05, 0.1) is 5.69 Å². The van der Waals surface area contributed by atoms with E-state index in [0.717, 1.165) is 29.3 Å². The van der Waals surface area contributed by atoms with E-state index >= 15 is 0 Å². The van der Waals surface area contributed by atoms with Gasteiger partial charge in [-0.15, -0.1) is 10.2 Å². The summed E-state index contributed by atoms with van der Waals surface area (Å²) < 4.78 is 28.5. The van der Waals surface area contributed by atoms with Crippen molar-refractivity contribution in [3.8, 4) is 28.1 Å². The summed E-state index contributed by atoms with van der Waals surface area (Å²) in [5.41, 5.74) is 0.262. The Bertz CT molecular complexity index is 1180. The molecule has 0 unspecified atom stereocenters. The second-order valence-electron chi connectivity index (χ2n) is 8.86. The number of hydrogen-bond acceptors (Lipinski definition) is 5. The van der Waals surface area contributed by atoms with E-state index in [9.17, 15) is 18.7 Å². The van der Waals surface area contributed by atoms with Crippen molar-refractivity contribution in [2.75, 3.05) is 11.9 Å². The van der Waals surface area contributed by atoms with Crippen LogP contribution < -0.4 is 10.5 Å². The lowest BCUT2D eigenvalue weighted by molar-refractivity contribution is 0.369. The number of anilines is 1. The Kier molecular flexibility index (Phi) is 6.72. The summed E-state index contributed by atoms with van der Waals surface area (Å²) in [5, 5.41) is 19.1. The number of aromatic hydroxyl groups is 1. The number of pyridine rings is 1. The molecule has 1 aliphatic rings. The Labute approximate surface area is 191 Å². The Hall–Kier alpha value is -3.29. The second kappa shape index (κ2) is 9.68. The molecule has 1 N–H and O–H groups in total. The highest BCUT2D eigenvalue weighted by Crippen LogP contribution is 2.35. The lowest BCUT2D eigenvalue weighted by atomic mass is 9.99. The Morgan fingerprint density at radius 3 is 2.61 bits per heavy atom. The molecule has 0 spiro atoms. The molecule has 4 rings (SSSR count). The molecule has 1 aromatic carbocycles. The average molecular weight is 455 g/mol. The largest absolute Gasteiger partial charge is 0.507 e. The first-order chi connectivity index (χ1) is 15.9. The first-order valence-corrected chi connectivity index (χ1v) is 11.2. The van der Waals surface area contributed by atoms with Crippen molar-refractivity contribution in [2.45, 2.75) is 51.9 Å². The molecule has 0 saturated heterocycles. The van der Waals surface area contributed by atoms with Crippen LogP contribution in [0.15, 0.2) is 47.4 Å². The van der Waals surface area contributed by atoms with Crippen LogP contribution in [0.1, 0.15) is 39.0 Å². The number of aromatic nitrogens is 3. The first-order valence-electron chi connectivity index (χ1n) is 11.2. The van der Waals surface area contributed by atoms with Crippen molar-refractivity contribution in [2.24, 2.45) is 5.92 Å². The Balaban J connectivity index is 1.59. The smallest absolute Gasteiger partial charge is 0.253 e. The molecule has 0 bridgehead atoms. The fourth-order valence-electron chi connectivity index (χ4n) is 4.53. The van der Waals surface area contributed by atoms with E-state index in [1.165, 1.54) is 43.7 Å². The summed E-state index contributed by atoms with van der Waals surface area (Å²) >= 11 is 0. The molecule has 2 aromatic heterocycles. The molecule has 174 valence electrons. The fraction of sp³-hybridized carbons (Fsp3) is 0.400. The van der Waals surface area contributed by atoms with Crippen LogP contribution in [0.25, 0.3) is 22.4 Å². The average Bonchev–Trinajstić information content (AvgIpc) is 3.04. The van der Waals surface area contributed by atoms with Gasteiger partial charge in [0.15, 0.2) is 12.6 Å². The SMILES string of the molecule is C[C@@H]1CCCC[C@H](N(C)c2ccc(-c3cc(F)c(-c4ccn(CF)c(=O)c4)cc3O)nn2)C1. The summed E-state index contributed by atoms with van der Waals surface area (Å²) in [7, 11) is 2.02. The van der Waals surface area contributed by atoms with E-state index in [0.29, 0.717) is 17.7 Å². The molecule has 1 fully saturated rings. The summed E-state index contributed by atoms with van der Waals surface area (Å²) in [4.78, 5) is 14.0. The molecule has 3 aromatic rings. The zero-order chi connectivity index (χ0) is 23.5. The van der Waals surface area contributed by atoms with Crippen molar-refractivity contribution in [1.82, 2.24) is 14.8 Å². The van der Waals surface area contributed by atoms with Crippen LogP contribution in [-0.2, 0) is 6.80 Å². The van der Waals surface area contributed by atoms with Gasteiger partial charge in [-0.2, -0.15) is 0 Å². The molecule has 8 heteroatoms. The second-order valence-corrected chi connectivity index (χ2v) is 8.86. The van der Waals surface area contributed by atoms with Gasteiger partial charge in [-0.05, 0) is 54.7 Å². The van der Waals surface area contributed by atoms with Gasteiger partial charge in [0.2, 0.25) is 0 Å². The molecule has 2 atom stereocenters. The maximum atomic E-state index is 14.9. The van der Waals surface area contributed by atoms with Gasteiger partial charge in [0.25, 0.3) is 5.56 Å². The van der Waals surface area contributed by atoms with Crippen LogP contribution in [0.5, 0.6) is 5.75 Å². The van der Waals surface area contributed by atoms with Crippen LogP contribution in [0, 0.1) is 11.7 Å². The lowest BCUT2D eigenvalue weighted by Gasteiger charge is -2.29. The highest BCUT2D eigenvalue weighted by atomic mass is 19.1. The zero-order valence-electron chi connectivity index (χ0n) is 18.8. The maximum Gasteiger partial charge on any atom is 0.253 e. The molecule has 1 aliphatic carbocycles. The van der Waals surface area contributed by atoms with Gasteiger partial charge >= 0.3 is 0 Å². The van der Waals surface area contributed by atoms with Crippen molar-refractivity contribution in [3.63, 3.8) is 0 Å². The predicted molar refractivity (Wildman–Crippen MR) is 124 cm³/mol. The van der Waals surface area contributed by atoms with E-state index in [2.05, 4.69) is 22.0 Å². The standard InChI is InChI=1S/C25H28F2N4O2/c1-16-5-3-4-6-18(11-16)30(2)24-8-7-22(28-29-24)20-13-21(27)19(14-23(20)32)17-9-10-31(15-26)25(33)12-17/h7-10,12-14,16,18,32H,3-6,11,15H2,1-2H3/t16-,18+/m1/s1. The fourth-order valence-corrected chi connectivity index (χ4v) is 4.53. The Morgan fingerprint density at radius 2 is 1.91 bits per heavy atom. The normalized spacial score (nSPS) is 18.7. The van der Waals surface area contributed by atoms with Crippen LogP contribution in [0.2, 0.25) is 0 Å². The zero-order valence-corrected chi connectivity index (χ0v) is 18.8. The highest BCUT2D eigenvalue weighted by Gasteiger charge is 2.22. The van der Waals surface area contributed by atoms with Crippen molar-refractivity contribution >= 4 is 5.82 Å². The lowest BCUT2D eigenvalue weighted by Crippen LogP contribution is -2.33. The quantitative estimate of drug-likeness (QED) is 0.540. The van der Waals surface area contributed by atoms with Crippen LogP contribution >= 0.6 is 0 Å². The number of hydrogen-bond donors (Lipinski definition) is 1. The van der Waals surface area contributed by atoms with Gasteiger partial charge in [-0.3, -0.25) is 9.36 Å². The number of alkyl halides is 1. The van der Waals surface area contributed by atoms with E-state index in [4.69, 9.17) is 0 Å². The molecular weight excluding hydrogens is 426 g/mol. The molecule has 0 amide bonds. The van der Waals surface area contributed by atoms with Crippen molar-refractivity contribution < 1.29 is 13.9 Å². The van der Waals surface area contributed by atoms with E-state index in [1.807, 2.05) is 13.1 Å². The molecular formula is C25H28F2N4O2. The monoisotopic (exact) mass is 454 g/mol. The predicted octanol–water partition coefficient (Wildman–Crippen LogP) is 5.15. The third kappa shape index (κ3) is 4.89. The third-order valence-corrected chi connectivity index (χ3v) is 6.52. The maximum absolute atomic E-state index is 14.9. The minimum Gasteiger partial charge on any atom is -0.507 e. The van der Waals surface area contributed by atoms with Crippen molar-refractivity contribution in [1.29, 1.82) is 0 Å². The summed E-state index contributed by atoms with van der Waals surface area (Å²) in [5.74, 6) is 0.600. The van der Waals surface area contributed by atoms with Crippen LogP contribution in [-0.4, -0.2) is 33.0 Å². The van der Waals surface area contributed by atoms with Gasteiger partial charge in [-0.1, -0.05) is 26.2 Å².